The highest BCUT2D eigenvalue weighted by Crippen LogP contribution is 2.46. The number of benzene rings is 2. The Morgan fingerprint density at radius 1 is 1.03 bits per heavy atom. The number of hydrogen-bond donors (Lipinski definition) is 2. The zero-order chi connectivity index (χ0) is 22.0. The second-order valence-electron chi connectivity index (χ2n) is 9.30. The van der Waals surface area contributed by atoms with E-state index in [-0.39, 0.29) is 22.4 Å². The van der Waals surface area contributed by atoms with Crippen LogP contribution < -0.4 is 10.1 Å². The van der Waals surface area contributed by atoms with Crippen LogP contribution in [0.3, 0.4) is 0 Å². The summed E-state index contributed by atoms with van der Waals surface area (Å²) in [7, 11) is 3.43. The van der Waals surface area contributed by atoms with E-state index in [0.29, 0.717) is 11.3 Å². The Morgan fingerprint density at radius 3 is 2.07 bits per heavy atom. The average molecular weight is 396 g/mol. The maximum absolute atomic E-state index is 12.7. The summed E-state index contributed by atoms with van der Waals surface area (Å²) in [5.74, 6) is 0.767. The lowest BCUT2D eigenvalue weighted by molar-refractivity contribution is 0.104. The van der Waals surface area contributed by atoms with Crippen LogP contribution in [0.1, 0.15) is 68.6 Å². The molecule has 0 amide bonds. The van der Waals surface area contributed by atoms with Crippen LogP contribution in [0.15, 0.2) is 36.4 Å². The summed E-state index contributed by atoms with van der Waals surface area (Å²) >= 11 is 0. The number of phenolic OH excluding ortho intramolecular Hbond substituents is 1. The normalized spacial score (nSPS) is 12.3. The number of hydrogen-bond acceptors (Lipinski definition) is 4. The molecule has 0 aliphatic rings. The number of carbonyl (C=O) groups is 1. The van der Waals surface area contributed by atoms with E-state index < -0.39 is 0 Å². The first kappa shape index (κ1) is 22.5. The van der Waals surface area contributed by atoms with Crippen molar-refractivity contribution in [3.63, 3.8) is 0 Å². The second-order valence-corrected chi connectivity index (χ2v) is 9.30. The number of aromatic hydroxyl groups is 1. The Hall–Kier alpha value is -2.75. The standard InChI is InChI=1S/C25H33NO3/c1-24(2,3)19-15-17(23(29-8)21(22(19)28)25(4,5)6)11-14-20(27)16-9-12-18(26-7)13-10-16/h9-15,26,28H,1-8H3. The van der Waals surface area contributed by atoms with E-state index in [1.807, 2.05) is 46.0 Å². The van der Waals surface area contributed by atoms with Crippen molar-refractivity contribution in [1.29, 1.82) is 0 Å². The van der Waals surface area contributed by atoms with Crippen LogP contribution >= 0.6 is 0 Å². The number of anilines is 1. The fraction of sp³-hybridized carbons (Fsp3) is 0.400. The lowest BCUT2D eigenvalue weighted by Gasteiger charge is -2.30. The lowest BCUT2D eigenvalue weighted by atomic mass is 9.77. The molecule has 4 nitrogen and oxygen atoms in total. The zero-order valence-electron chi connectivity index (χ0n) is 18.8. The summed E-state index contributed by atoms with van der Waals surface area (Å²) in [5, 5.41) is 14.1. The van der Waals surface area contributed by atoms with Crippen molar-refractivity contribution in [2.75, 3.05) is 19.5 Å². The van der Waals surface area contributed by atoms with Crippen molar-refractivity contribution in [3.8, 4) is 11.5 Å². The van der Waals surface area contributed by atoms with E-state index in [1.165, 1.54) is 0 Å². The molecule has 0 fully saturated rings. The Kier molecular flexibility index (Phi) is 6.46. The first-order valence-electron chi connectivity index (χ1n) is 9.85. The van der Waals surface area contributed by atoms with Crippen LogP contribution in [-0.2, 0) is 10.8 Å². The topological polar surface area (TPSA) is 58.6 Å². The Balaban J connectivity index is 2.58. The maximum Gasteiger partial charge on any atom is 0.185 e. The van der Waals surface area contributed by atoms with Gasteiger partial charge in [-0.05, 0) is 53.3 Å². The molecule has 0 radical (unpaired) electrons. The van der Waals surface area contributed by atoms with Crippen molar-refractivity contribution < 1.29 is 14.6 Å². The number of ketones is 1. The number of rotatable bonds is 5. The molecule has 0 aliphatic carbocycles. The minimum Gasteiger partial charge on any atom is -0.507 e. The van der Waals surface area contributed by atoms with Crippen molar-refractivity contribution in [2.45, 2.75) is 52.4 Å². The average Bonchev–Trinajstić information content (AvgIpc) is 2.64. The molecule has 29 heavy (non-hydrogen) atoms. The fourth-order valence-corrected chi connectivity index (χ4v) is 3.35. The zero-order valence-corrected chi connectivity index (χ0v) is 18.8. The molecule has 0 heterocycles. The van der Waals surface area contributed by atoms with E-state index in [4.69, 9.17) is 4.74 Å². The molecule has 156 valence electrons. The van der Waals surface area contributed by atoms with Crippen LogP contribution in [0, 0.1) is 0 Å². The SMILES string of the molecule is CNc1ccc(C(=O)C=Cc2cc(C(C)(C)C)c(O)c(C(C)(C)C)c2OC)cc1. The first-order chi connectivity index (χ1) is 13.4. The van der Waals surface area contributed by atoms with E-state index in [0.717, 1.165) is 22.4 Å². The van der Waals surface area contributed by atoms with E-state index in [2.05, 4.69) is 26.1 Å². The van der Waals surface area contributed by atoms with Gasteiger partial charge in [0.25, 0.3) is 0 Å². The molecule has 2 aromatic rings. The van der Waals surface area contributed by atoms with E-state index in [9.17, 15) is 9.90 Å². The predicted molar refractivity (Wildman–Crippen MR) is 121 cm³/mol. The second kappa shape index (κ2) is 8.32. The minimum absolute atomic E-state index is 0.0857. The molecular formula is C25H33NO3. The largest absolute Gasteiger partial charge is 0.507 e. The molecule has 0 bridgehead atoms. The van der Waals surface area contributed by atoms with Gasteiger partial charge < -0.3 is 15.2 Å². The van der Waals surface area contributed by atoms with E-state index in [1.54, 1.807) is 31.4 Å². The first-order valence-corrected chi connectivity index (χ1v) is 9.85. The molecule has 0 aliphatic heterocycles. The summed E-state index contributed by atoms with van der Waals surface area (Å²) in [6.45, 7) is 12.3. The van der Waals surface area contributed by atoms with Gasteiger partial charge in [0.2, 0.25) is 0 Å². The number of methoxy groups -OCH3 is 1. The van der Waals surface area contributed by atoms with Crippen LogP contribution in [0.5, 0.6) is 11.5 Å². The molecule has 0 aromatic heterocycles. The van der Waals surface area contributed by atoms with Gasteiger partial charge in [0.1, 0.15) is 11.5 Å². The summed E-state index contributed by atoms with van der Waals surface area (Å²) in [6, 6.07) is 9.26. The lowest BCUT2D eigenvalue weighted by Crippen LogP contribution is -2.19. The summed E-state index contributed by atoms with van der Waals surface area (Å²) < 4.78 is 5.69. The highest BCUT2D eigenvalue weighted by atomic mass is 16.5. The molecule has 0 spiro atoms. The summed E-state index contributed by atoms with van der Waals surface area (Å²) in [4.78, 5) is 12.7. The summed E-state index contributed by atoms with van der Waals surface area (Å²) in [6.07, 6.45) is 3.33. The third kappa shape index (κ3) is 5.00. The Bertz CT molecular complexity index is 911. The van der Waals surface area contributed by atoms with Crippen LogP contribution in [0.4, 0.5) is 5.69 Å². The number of nitrogens with one attached hydrogen (secondary N) is 1. The molecule has 0 unspecified atom stereocenters. The number of carbonyl (C=O) groups excluding carboxylic acids is 1. The van der Waals surface area contributed by atoms with Crippen molar-refractivity contribution in [2.24, 2.45) is 0 Å². The highest BCUT2D eigenvalue weighted by molar-refractivity contribution is 6.07. The van der Waals surface area contributed by atoms with Gasteiger partial charge >= 0.3 is 0 Å². The molecule has 4 heteroatoms. The Labute approximate surface area is 174 Å². The van der Waals surface area contributed by atoms with Crippen molar-refractivity contribution in [3.05, 3.63) is 58.7 Å². The van der Waals surface area contributed by atoms with Gasteiger partial charge in [-0.3, -0.25) is 4.79 Å². The van der Waals surface area contributed by atoms with Gasteiger partial charge in [0, 0.05) is 35.0 Å². The summed E-state index contributed by atoms with van der Waals surface area (Å²) in [5.41, 5.74) is 3.34. The predicted octanol–water partition coefficient (Wildman–Crippen LogP) is 5.93. The molecule has 2 aromatic carbocycles. The number of phenols is 1. The minimum atomic E-state index is -0.327. The van der Waals surface area contributed by atoms with Gasteiger partial charge in [-0.15, -0.1) is 0 Å². The quantitative estimate of drug-likeness (QED) is 0.486. The number of ether oxygens (including phenoxy) is 1. The molecule has 0 saturated heterocycles. The monoisotopic (exact) mass is 395 g/mol. The Morgan fingerprint density at radius 2 is 1.62 bits per heavy atom. The maximum atomic E-state index is 12.7. The number of allylic oxidation sites excluding steroid dienone is 1. The van der Waals surface area contributed by atoms with Gasteiger partial charge in [-0.1, -0.05) is 41.5 Å². The molecular weight excluding hydrogens is 362 g/mol. The van der Waals surface area contributed by atoms with Crippen LogP contribution in [0.25, 0.3) is 6.08 Å². The van der Waals surface area contributed by atoms with Crippen molar-refractivity contribution in [1.82, 2.24) is 0 Å². The van der Waals surface area contributed by atoms with Crippen molar-refractivity contribution >= 4 is 17.5 Å². The third-order valence-corrected chi connectivity index (χ3v) is 4.92. The molecule has 0 atom stereocenters. The van der Waals surface area contributed by atoms with Crippen LogP contribution in [-0.4, -0.2) is 25.0 Å². The van der Waals surface area contributed by atoms with Crippen LogP contribution in [0.2, 0.25) is 0 Å². The highest BCUT2D eigenvalue weighted by Gasteiger charge is 2.30. The molecule has 2 rings (SSSR count). The molecule has 0 saturated carbocycles. The molecule has 2 N–H and O–H groups in total. The third-order valence-electron chi connectivity index (χ3n) is 4.92. The fourth-order valence-electron chi connectivity index (χ4n) is 3.35. The van der Waals surface area contributed by atoms with Gasteiger partial charge in [0.05, 0.1) is 7.11 Å². The van der Waals surface area contributed by atoms with E-state index >= 15 is 0 Å². The van der Waals surface area contributed by atoms with Gasteiger partial charge in [0.15, 0.2) is 5.78 Å². The van der Waals surface area contributed by atoms with Gasteiger partial charge in [-0.25, -0.2) is 0 Å². The van der Waals surface area contributed by atoms with Gasteiger partial charge in [-0.2, -0.15) is 0 Å². The smallest absolute Gasteiger partial charge is 0.185 e.